The van der Waals surface area contributed by atoms with Crippen LogP contribution in [0.1, 0.15) is 5.56 Å². The molecule has 0 fully saturated rings. The molecule has 3 nitrogen and oxygen atoms in total. The van der Waals surface area contributed by atoms with Crippen LogP contribution in [0.3, 0.4) is 0 Å². The fourth-order valence-electron chi connectivity index (χ4n) is 1.88. The number of hydrogen-bond acceptors (Lipinski definition) is 2. The molecule has 0 aliphatic carbocycles. The van der Waals surface area contributed by atoms with Gasteiger partial charge in [0.2, 0.25) is 0 Å². The second kappa shape index (κ2) is 11.2. The summed E-state index contributed by atoms with van der Waals surface area (Å²) in [6, 6.07) is 12.8. The maximum atomic E-state index is 12.8. The molecule has 2 aromatic carbocycles. The van der Waals surface area contributed by atoms with E-state index in [1.54, 1.807) is 43.1 Å². The topological polar surface area (TPSA) is 36.4 Å². The van der Waals surface area contributed by atoms with Gasteiger partial charge in [-0.15, -0.1) is 35.7 Å². The molecule has 0 saturated carbocycles. The summed E-state index contributed by atoms with van der Waals surface area (Å²) in [5, 5.41) is 6.37. The predicted molar refractivity (Wildman–Crippen MR) is 107 cm³/mol. The van der Waals surface area contributed by atoms with Gasteiger partial charge in [0.05, 0.1) is 0 Å². The SMILES string of the molecule is CN=C(NCCSc1ccc(F)cc1)NCc1ccc(F)cc1.I. The van der Waals surface area contributed by atoms with Crippen LogP contribution in [-0.4, -0.2) is 25.3 Å². The molecule has 130 valence electrons. The van der Waals surface area contributed by atoms with Crippen LogP contribution in [0, 0.1) is 11.6 Å². The zero-order valence-electron chi connectivity index (χ0n) is 13.3. The molecule has 0 saturated heterocycles. The highest BCUT2D eigenvalue weighted by molar-refractivity contribution is 14.0. The minimum absolute atomic E-state index is 0. The Morgan fingerprint density at radius 2 is 1.54 bits per heavy atom. The van der Waals surface area contributed by atoms with Crippen molar-refractivity contribution in [2.45, 2.75) is 11.4 Å². The van der Waals surface area contributed by atoms with E-state index in [2.05, 4.69) is 15.6 Å². The molecule has 0 aromatic heterocycles. The van der Waals surface area contributed by atoms with Gasteiger partial charge < -0.3 is 10.6 Å². The van der Waals surface area contributed by atoms with Crippen LogP contribution in [0.5, 0.6) is 0 Å². The maximum Gasteiger partial charge on any atom is 0.191 e. The number of halogens is 3. The van der Waals surface area contributed by atoms with Crippen molar-refractivity contribution in [1.82, 2.24) is 10.6 Å². The van der Waals surface area contributed by atoms with Crippen LogP contribution in [0.4, 0.5) is 8.78 Å². The molecule has 0 bridgehead atoms. The average molecular weight is 463 g/mol. The fraction of sp³-hybridized carbons (Fsp3) is 0.235. The van der Waals surface area contributed by atoms with Crippen molar-refractivity contribution < 1.29 is 8.78 Å². The molecular formula is C17H20F2IN3S. The van der Waals surface area contributed by atoms with Crippen LogP contribution >= 0.6 is 35.7 Å². The van der Waals surface area contributed by atoms with Crippen molar-refractivity contribution in [2.24, 2.45) is 4.99 Å². The number of rotatable bonds is 6. The zero-order valence-corrected chi connectivity index (χ0v) is 16.4. The first-order valence-corrected chi connectivity index (χ1v) is 8.23. The Morgan fingerprint density at radius 3 is 2.12 bits per heavy atom. The number of hydrogen-bond donors (Lipinski definition) is 2. The largest absolute Gasteiger partial charge is 0.356 e. The number of aliphatic imine (C=N–C) groups is 1. The first-order valence-electron chi connectivity index (χ1n) is 7.24. The number of thioether (sulfide) groups is 1. The highest BCUT2D eigenvalue weighted by atomic mass is 127. The lowest BCUT2D eigenvalue weighted by atomic mass is 10.2. The lowest BCUT2D eigenvalue weighted by Gasteiger charge is -2.11. The molecule has 2 aromatic rings. The van der Waals surface area contributed by atoms with Crippen molar-refractivity contribution in [3.8, 4) is 0 Å². The van der Waals surface area contributed by atoms with E-state index in [1.165, 1.54) is 24.3 Å². The molecule has 2 rings (SSSR count). The van der Waals surface area contributed by atoms with Crippen molar-refractivity contribution in [2.75, 3.05) is 19.3 Å². The Kier molecular flexibility index (Phi) is 9.70. The molecule has 2 N–H and O–H groups in total. The van der Waals surface area contributed by atoms with E-state index in [0.717, 1.165) is 22.8 Å². The predicted octanol–water partition coefficient (Wildman–Crippen LogP) is 4.04. The highest BCUT2D eigenvalue weighted by Crippen LogP contribution is 2.17. The third-order valence-corrected chi connectivity index (χ3v) is 4.09. The van der Waals surface area contributed by atoms with Crippen molar-refractivity contribution in [3.63, 3.8) is 0 Å². The summed E-state index contributed by atoms with van der Waals surface area (Å²) in [5.41, 5.74) is 0.982. The Labute approximate surface area is 162 Å². The lowest BCUT2D eigenvalue weighted by molar-refractivity contribution is 0.626. The number of benzene rings is 2. The third kappa shape index (κ3) is 7.48. The molecule has 0 amide bonds. The second-order valence-electron chi connectivity index (χ2n) is 4.78. The van der Waals surface area contributed by atoms with Crippen LogP contribution < -0.4 is 10.6 Å². The van der Waals surface area contributed by atoms with Gasteiger partial charge in [-0.2, -0.15) is 0 Å². The molecule has 0 aliphatic rings. The lowest BCUT2D eigenvalue weighted by Crippen LogP contribution is -2.37. The van der Waals surface area contributed by atoms with Crippen molar-refractivity contribution in [1.29, 1.82) is 0 Å². The summed E-state index contributed by atoms with van der Waals surface area (Å²) >= 11 is 1.64. The zero-order chi connectivity index (χ0) is 16.5. The van der Waals surface area contributed by atoms with Gasteiger partial charge in [-0.1, -0.05) is 12.1 Å². The normalized spacial score (nSPS) is 10.9. The Morgan fingerprint density at radius 1 is 0.958 bits per heavy atom. The third-order valence-electron chi connectivity index (χ3n) is 3.07. The molecule has 0 heterocycles. The van der Waals surface area contributed by atoms with Gasteiger partial charge in [-0.25, -0.2) is 8.78 Å². The fourth-order valence-corrected chi connectivity index (χ4v) is 2.65. The Bertz CT molecular complexity index is 633. The Hall–Kier alpha value is -1.35. The van der Waals surface area contributed by atoms with Crippen LogP contribution in [-0.2, 0) is 6.54 Å². The van der Waals surface area contributed by atoms with E-state index in [4.69, 9.17) is 0 Å². The quantitative estimate of drug-likeness (QED) is 0.223. The smallest absolute Gasteiger partial charge is 0.191 e. The monoisotopic (exact) mass is 463 g/mol. The van der Waals surface area contributed by atoms with Crippen molar-refractivity contribution in [3.05, 3.63) is 65.7 Å². The van der Waals surface area contributed by atoms with E-state index in [1.807, 2.05) is 0 Å². The van der Waals surface area contributed by atoms with Gasteiger partial charge in [0.1, 0.15) is 11.6 Å². The van der Waals surface area contributed by atoms with Gasteiger partial charge in [-0.3, -0.25) is 4.99 Å². The van der Waals surface area contributed by atoms with E-state index < -0.39 is 0 Å². The molecule has 0 atom stereocenters. The van der Waals surface area contributed by atoms with Gasteiger partial charge in [0, 0.05) is 30.8 Å². The second-order valence-corrected chi connectivity index (χ2v) is 5.95. The molecule has 24 heavy (non-hydrogen) atoms. The van der Waals surface area contributed by atoms with Crippen LogP contribution in [0.25, 0.3) is 0 Å². The maximum absolute atomic E-state index is 12.8. The molecular weight excluding hydrogens is 443 g/mol. The minimum Gasteiger partial charge on any atom is -0.356 e. The minimum atomic E-state index is -0.242. The summed E-state index contributed by atoms with van der Waals surface area (Å²) in [5.74, 6) is 1.06. The molecule has 7 heteroatoms. The Balaban J connectivity index is 0.00000288. The number of nitrogens with one attached hydrogen (secondary N) is 2. The van der Waals surface area contributed by atoms with E-state index in [9.17, 15) is 8.78 Å². The molecule has 0 aliphatic heterocycles. The highest BCUT2D eigenvalue weighted by Gasteiger charge is 2.00. The summed E-state index contributed by atoms with van der Waals surface area (Å²) in [4.78, 5) is 5.17. The summed E-state index contributed by atoms with van der Waals surface area (Å²) in [7, 11) is 1.70. The first kappa shape index (κ1) is 20.7. The van der Waals surface area contributed by atoms with Gasteiger partial charge in [-0.05, 0) is 42.0 Å². The van der Waals surface area contributed by atoms with Crippen molar-refractivity contribution >= 4 is 41.7 Å². The molecule has 0 radical (unpaired) electrons. The number of guanidine groups is 1. The number of nitrogens with zero attached hydrogens (tertiary/aromatic N) is 1. The van der Waals surface area contributed by atoms with Crippen LogP contribution in [0.15, 0.2) is 58.4 Å². The van der Waals surface area contributed by atoms with E-state index in [0.29, 0.717) is 12.5 Å². The standard InChI is InChI=1S/C17H19F2N3S.HI/c1-20-17(22-12-13-2-4-14(18)5-3-13)21-10-11-23-16-8-6-15(19)7-9-16;/h2-9H,10-12H2,1H3,(H2,20,21,22);1H. The summed E-state index contributed by atoms with van der Waals surface area (Å²) < 4.78 is 25.6. The van der Waals surface area contributed by atoms with E-state index in [-0.39, 0.29) is 35.6 Å². The van der Waals surface area contributed by atoms with Gasteiger partial charge in [0.25, 0.3) is 0 Å². The van der Waals surface area contributed by atoms with E-state index >= 15 is 0 Å². The van der Waals surface area contributed by atoms with Crippen LogP contribution in [0.2, 0.25) is 0 Å². The summed E-state index contributed by atoms with van der Waals surface area (Å²) in [6.45, 7) is 1.30. The summed E-state index contributed by atoms with van der Waals surface area (Å²) in [6.07, 6.45) is 0. The van der Waals surface area contributed by atoms with Gasteiger partial charge in [0.15, 0.2) is 5.96 Å². The molecule has 0 spiro atoms. The molecule has 0 unspecified atom stereocenters. The average Bonchev–Trinajstić information content (AvgIpc) is 2.57. The first-order chi connectivity index (χ1) is 11.2. The van der Waals surface area contributed by atoms with Gasteiger partial charge >= 0.3 is 0 Å².